The standard InChI is InChI=1S/C32H64B.Li/c1-5-9-13-17-21-25-29-33(30-26-22-18-14-10-6-2,31-27-23-19-15-11-7-3)32-28-24-20-16-12-8-4;/h5-27,29-31H2,1-4H3;/q-1;+1. The summed E-state index contributed by atoms with van der Waals surface area (Å²) in [5.74, 6) is 7.78. The minimum Gasteiger partial charge on any atom is -0.315 e. The summed E-state index contributed by atoms with van der Waals surface area (Å²) in [6, 6.07) is 0. The zero-order valence-corrected chi connectivity index (χ0v) is 25.0. The molecular formula is C32H64BLi. The molecule has 196 valence electrons. The molecule has 0 heterocycles. The van der Waals surface area contributed by atoms with Crippen molar-refractivity contribution in [2.45, 2.75) is 194 Å². The van der Waals surface area contributed by atoms with Crippen LogP contribution in [0.15, 0.2) is 0 Å². The van der Waals surface area contributed by atoms with Gasteiger partial charge in [0.2, 0.25) is 0 Å². The number of hydrogen-bond acceptors (Lipinski definition) is 0. The summed E-state index contributed by atoms with van der Waals surface area (Å²) in [7, 11) is 0. The molecule has 0 aromatic carbocycles. The first-order valence-electron chi connectivity index (χ1n) is 15.9. The Hall–Kier alpha value is 0.222. The van der Waals surface area contributed by atoms with Crippen LogP contribution in [-0.2, 0) is 0 Å². The summed E-state index contributed by atoms with van der Waals surface area (Å²) in [6.07, 6.45) is 35.9. The van der Waals surface area contributed by atoms with Crippen LogP contribution in [0, 0.1) is 11.7 Å². The number of unbranched alkanes of at least 4 members (excludes halogenated alkanes) is 19. The first kappa shape index (κ1) is 36.4. The number of rotatable bonds is 25. The second-order valence-electron chi connectivity index (χ2n) is 11.3. The Kier molecular flexibility index (Phi) is 31.5. The van der Waals surface area contributed by atoms with E-state index in [1.165, 1.54) is 160 Å². The van der Waals surface area contributed by atoms with Crippen molar-refractivity contribution in [2.24, 2.45) is 0 Å². The van der Waals surface area contributed by atoms with Gasteiger partial charge >= 0.3 is 18.9 Å². The molecule has 0 rings (SSSR count). The van der Waals surface area contributed by atoms with Crippen LogP contribution in [0.2, 0.25) is 19.0 Å². The summed E-state index contributed by atoms with van der Waals surface area (Å²) in [5.41, 5.74) is 0. The fourth-order valence-corrected chi connectivity index (χ4v) is 5.52. The Morgan fingerprint density at radius 1 is 0.382 bits per heavy atom. The van der Waals surface area contributed by atoms with E-state index in [1.807, 2.05) is 0 Å². The van der Waals surface area contributed by atoms with Gasteiger partial charge in [-0.05, 0) is 6.42 Å². The molecule has 0 spiro atoms. The van der Waals surface area contributed by atoms with E-state index in [9.17, 15) is 0 Å². The summed E-state index contributed by atoms with van der Waals surface area (Å²) < 4.78 is 0. The van der Waals surface area contributed by atoms with Gasteiger partial charge in [-0.25, -0.2) is 0 Å². The van der Waals surface area contributed by atoms with E-state index in [1.54, 1.807) is 0 Å². The molecule has 0 aliphatic carbocycles. The minimum atomic E-state index is -0.465. The van der Waals surface area contributed by atoms with Crippen molar-refractivity contribution in [2.75, 3.05) is 0 Å². The first-order valence-corrected chi connectivity index (χ1v) is 15.9. The van der Waals surface area contributed by atoms with Crippen molar-refractivity contribution in [1.82, 2.24) is 0 Å². The van der Waals surface area contributed by atoms with Crippen LogP contribution in [0.3, 0.4) is 0 Å². The van der Waals surface area contributed by atoms with Gasteiger partial charge in [0.25, 0.3) is 0 Å². The van der Waals surface area contributed by atoms with Crippen LogP contribution in [0.1, 0.15) is 175 Å². The molecule has 0 N–H and O–H groups in total. The Balaban J connectivity index is 0. The molecule has 34 heavy (non-hydrogen) atoms. The van der Waals surface area contributed by atoms with Gasteiger partial charge in [0, 0.05) is 6.42 Å². The third-order valence-electron chi connectivity index (χ3n) is 7.89. The molecule has 0 nitrogen and oxygen atoms in total. The third kappa shape index (κ3) is 23.9. The van der Waals surface area contributed by atoms with Crippen LogP contribution in [0.5, 0.6) is 0 Å². The van der Waals surface area contributed by atoms with Crippen molar-refractivity contribution < 1.29 is 18.9 Å². The van der Waals surface area contributed by atoms with Gasteiger partial charge < -0.3 is 5.82 Å². The van der Waals surface area contributed by atoms with E-state index in [-0.39, 0.29) is 18.9 Å². The fourth-order valence-electron chi connectivity index (χ4n) is 5.52. The second-order valence-corrected chi connectivity index (χ2v) is 11.3. The molecule has 0 fully saturated rings. The molecule has 0 bridgehead atoms. The maximum Gasteiger partial charge on any atom is 1.00 e. The monoisotopic (exact) mass is 467 g/mol. The number of hydrogen-bond donors (Lipinski definition) is 0. The first-order chi connectivity index (χ1) is 16.2. The van der Waals surface area contributed by atoms with Crippen molar-refractivity contribution in [3.8, 4) is 11.7 Å². The van der Waals surface area contributed by atoms with Gasteiger partial charge in [0.1, 0.15) is 0 Å². The predicted molar refractivity (Wildman–Crippen MR) is 157 cm³/mol. The van der Waals surface area contributed by atoms with E-state index in [2.05, 4.69) is 39.4 Å². The summed E-state index contributed by atoms with van der Waals surface area (Å²) in [6.45, 7) is 9.28. The molecule has 0 aliphatic rings. The summed E-state index contributed by atoms with van der Waals surface area (Å²) in [5, 5.41) is 0. The molecule has 0 amide bonds. The van der Waals surface area contributed by atoms with Gasteiger partial charge in [0.15, 0.2) is 0 Å². The summed E-state index contributed by atoms with van der Waals surface area (Å²) >= 11 is 0. The van der Waals surface area contributed by atoms with Crippen LogP contribution in [-0.4, -0.2) is 6.15 Å². The molecule has 0 aliphatic heterocycles. The SMILES string of the molecule is CCCCCCC#C[B-](CCCCCCCC)(CCCCCCCC)CCCCCCCC.[Li+]. The van der Waals surface area contributed by atoms with E-state index < -0.39 is 6.15 Å². The average molecular weight is 467 g/mol. The van der Waals surface area contributed by atoms with Crippen molar-refractivity contribution in [3.05, 3.63) is 0 Å². The Morgan fingerprint density at radius 3 is 1.03 bits per heavy atom. The molecular weight excluding hydrogens is 402 g/mol. The van der Waals surface area contributed by atoms with Crippen LogP contribution in [0.25, 0.3) is 0 Å². The maximum absolute atomic E-state index is 4.03. The molecule has 0 aromatic rings. The topological polar surface area (TPSA) is 0 Å². The van der Waals surface area contributed by atoms with Gasteiger partial charge in [-0.15, -0.1) is 0 Å². The van der Waals surface area contributed by atoms with Crippen LogP contribution in [0.4, 0.5) is 0 Å². The minimum absolute atomic E-state index is 0. The van der Waals surface area contributed by atoms with Crippen molar-refractivity contribution >= 4 is 6.15 Å². The van der Waals surface area contributed by atoms with Crippen molar-refractivity contribution in [3.63, 3.8) is 0 Å². The average Bonchev–Trinajstić information content (AvgIpc) is 2.83. The molecule has 2 heteroatoms. The summed E-state index contributed by atoms with van der Waals surface area (Å²) in [4.78, 5) is 0. The molecule has 0 saturated carbocycles. The quantitative estimate of drug-likeness (QED) is 0.0715. The molecule has 0 atom stereocenters. The van der Waals surface area contributed by atoms with Crippen LogP contribution >= 0.6 is 0 Å². The predicted octanol–water partition coefficient (Wildman–Crippen LogP) is 9.03. The molecule has 0 aromatic heterocycles. The van der Waals surface area contributed by atoms with E-state index >= 15 is 0 Å². The molecule has 0 unspecified atom stereocenters. The van der Waals surface area contributed by atoms with Crippen molar-refractivity contribution in [1.29, 1.82) is 0 Å². The second kappa shape index (κ2) is 29.5. The fraction of sp³-hybridized carbons (Fsp3) is 0.938. The normalized spacial score (nSPS) is 11.2. The zero-order chi connectivity index (χ0) is 24.3. The van der Waals surface area contributed by atoms with E-state index in [4.69, 9.17) is 0 Å². The maximum atomic E-state index is 4.03. The Labute approximate surface area is 230 Å². The Bertz CT molecular complexity index is 395. The largest absolute Gasteiger partial charge is 1.00 e. The zero-order valence-electron chi connectivity index (χ0n) is 25.0. The van der Waals surface area contributed by atoms with Crippen LogP contribution < -0.4 is 18.9 Å². The van der Waals surface area contributed by atoms with E-state index in [0.717, 1.165) is 6.42 Å². The molecule has 0 radical (unpaired) electrons. The van der Waals surface area contributed by atoms with E-state index in [0.29, 0.717) is 0 Å². The van der Waals surface area contributed by atoms with Gasteiger partial charge in [-0.3, -0.25) is 0 Å². The smallest absolute Gasteiger partial charge is 0.315 e. The Morgan fingerprint density at radius 2 is 0.676 bits per heavy atom. The van der Waals surface area contributed by atoms with Gasteiger partial charge in [-0.1, -0.05) is 163 Å². The third-order valence-corrected chi connectivity index (χ3v) is 7.89. The van der Waals surface area contributed by atoms with Gasteiger partial charge in [0.05, 0.1) is 6.15 Å². The molecule has 0 saturated heterocycles. The van der Waals surface area contributed by atoms with Gasteiger partial charge in [-0.2, -0.15) is 24.9 Å².